The number of hydrogen-bond acceptors (Lipinski definition) is 5. The first-order valence-corrected chi connectivity index (χ1v) is 8.88. The van der Waals surface area contributed by atoms with E-state index in [4.69, 9.17) is 0 Å². The van der Waals surface area contributed by atoms with Crippen molar-refractivity contribution < 1.29 is 30.5 Å². The molecule has 0 aliphatic carbocycles. The third kappa shape index (κ3) is 4.31. The second kappa shape index (κ2) is 7.08. The van der Waals surface area contributed by atoms with Gasteiger partial charge in [0.1, 0.15) is 0 Å². The van der Waals surface area contributed by atoms with Crippen molar-refractivity contribution in [3.63, 3.8) is 0 Å². The quantitative estimate of drug-likeness (QED) is 0.521. The number of aromatic nitrogens is 2. The first-order chi connectivity index (χ1) is 12.7. The van der Waals surface area contributed by atoms with E-state index in [1.165, 1.54) is 48.5 Å². The van der Waals surface area contributed by atoms with Crippen LogP contribution in [0.25, 0.3) is 11.4 Å². The second-order valence-corrected chi connectivity index (χ2v) is 7.05. The fourth-order valence-electron chi connectivity index (χ4n) is 2.13. The highest BCUT2D eigenvalue weighted by molar-refractivity contribution is 7.89. The zero-order chi connectivity index (χ0) is 19.7. The highest BCUT2D eigenvalue weighted by Crippen LogP contribution is 2.29. The van der Waals surface area contributed by atoms with Crippen LogP contribution in [0.15, 0.2) is 64.0 Å². The molecule has 0 aliphatic rings. The molecule has 3 rings (SSSR count). The Hall–Kier alpha value is -2.79. The molecule has 0 saturated heterocycles. The number of nitrogens with one attached hydrogen (secondary N) is 1. The molecule has 0 spiro atoms. The molecule has 6 nitrogen and oxygen atoms in total. The molecule has 1 atom stereocenters. The van der Waals surface area contributed by atoms with Crippen LogP contribution >= 0.6 is 0 Å². The molecule has 1 aromatic heterocycles. The molecule has 1 unspecified atom stereocenters. The summed E-state index contributed by atoms with van der Waals surface area (Å²) in [5.74, 6) is -1.82. The second-order valence-electron chi connectivity index (χ2n) is 5.34. The normalized spacial score (nSPS) is 13.5. The van der Waals surface area contributed by atoms with Crippen LogP contribution in [0.4, 0.5) is 17.6 Å². The Morgan fingerprint density at radius 1 is 1.00 bits per heavy atom. The van der Waals surface area contributed by atoms with Gasteiger partial charge in [0.25, 0.3) is 0 Å². The van der Waals surface area contributed by atoms with Crippen molar-refractivity contribution in [3.05, 3.63) is 66.1 Å². The van der Waals surface area contributed by atoms with Gasteiger partial charge in [-0.05, 0) is 12.1 Å². The first kappa shape index (κ1) is 19.0. The van der Waals surface area contributed by atoms with Gasteiger partial charge in [0.2, 0.25) is 15.8 Å². The topological polar surface area (TPSA) is 85.1 Å². The van der Waals surface area contributed by atoms with Crippen LogP contribution in [0.2, 0.25) is 0 Å². The Kier molecular flexibility index (Phi) is 4.98. The van der Waals surface area contributed by atoms with Crippen LogP contribution in [0.1, 0.15) is 17.7 Å². The maximum Gasteiger partial charge on any atom is 0.471 e. The zero-order valence-corrected chi connectivity index (χ0v) is 14.1. The molecule has 0 radical (unpaired) electrons. The maximum absolute atomic E-state index is 14.3. The van der Waals surface area contributed by atoms with Crippen LogP contribution in [-0.2, 0) is 16.2 Å². The summed E-state index contributed by atoms with van der Waals surface area (Å²) in [6, 6.07) is 12.2. The van der Waals surface area contributed by atoms with Gasteiger partial charge in [-0.2, -0.15) is 22.9 Å². The summed E-state index contributed by atoms with van der Waals surface area (Å²) in [6.07, 6.45) is -6.83. The minimum absolute atomic E-state index is 0.0437. The summed E-state index contributed by atoms with van der Waals surface area (Å²) in [5, 5.41) is 3.22. The minimum atomic E-state index is -4.77. The standard InChI is InChI=1S/C16H11F4N3O3S/c17-13(23-27(24,25)12-4-2-1-3-5-12)10-6-8-11(9-7-10)14-21-15(26-22-14)16(18,19)20/h1-9,13,23H. The molecule has 0 aliphatic heterocycles. The lowest BCUT2D eigenvalue weighted by Crippen LogP contribution is -2.26. The van der Waals surface area contributed by atoms with Crippen molar-refractivity contribution in [2.45, 2.75) is 17.4 Å². The third-order valence-electron chi connectivity index (χ3n) is 3.44. The molecule has 1 N–H and O–H groups in total. The summed E-state index contributed by atoms with van der Waals surface area (Å²) >= 11 is 0. The Morgan fingerprint density at radius 2 is 1.63 bits per heavy atom. The van der Waals surface area contributed by atoms with Crippen LogP contribution in [0, 0.1) is 0 Å². The van der Waals surface area contributed by atoms with E-state index in [0.29, 0.717) is 0 Å². The van der Waals surface area contributed by atoms with Crippen molar-refractivity contribution in [1.29, 1.82) is 0 Å². The highest BCUT2D eigenvalue weighted by atomic mass is 32.2. The summed E-state index contributed by atoms with van der Waals surface area (Å²) in [6.45, 7) is 0. The largest absolute Gasteiger partial charge is 0.471 e. The first-order valence-electron chi connectivity index (χ1n) is 7.39. The fourth-order valence-corrected chi connectivity index (χ4v) is 3.19. The summed E-state index contributed by atoms with van der Waals surface area (Å²) < 4.78 is 82.0. The fraction of sp³-hybridized carbons (Fsp3) is 0.125. The van der Waals surface area contributed by atoms with Gasteiger partial charge in [0.05, 0.1) is 4.90 Å². The van der Waals surface area contributed by atoms with Crippen molar-refractivity contribution in [2.75, 3.05) is 0 Å². The molecule has 0 amide bonds. The van der Waals surface area contributed by atoms with Gasteiger partial charge in [-0.15, -0.1) is 0 Å². The lowest BCUT2D eigenvalue weighted by Gasteiger charge is -2.12. The number of hydrogen-bond donors (Lipinski definition) is 1. The van der Waals surface area contributed by atoms with Crippen molar-refractivity contribution in [3.8, 4) is 11.4 Å². The minimum Gasteiger partial charge on any atom is -0.329 e. The monoisotopic (exact) mass is 401 g/mol. The Balaban J connectivity index is 1.76. The molecule has 27 heavy (non-hydrogen) atoms. The van der Waals surface area contributed by atoms with Crippen molar-refractivity contribution >= 4 is 10.0 Å². The van der Waals surface area contributed by atoms with E-state index in [-0.39, 0.29) is 21.8 Å². The van der Waals surface area contributed by atoms with Gasteiger partial charge in [0, 0.05) is 11.1 Å². The maximum atomic E-state index is 14.3. The smallest absolute Gasteiger partial charge is 0.329 e. The summed E-state index contributed by atoms with van der Waals surface area (Å²) in [7, 11) is -4.07. The molecular weight excluding hydrogens is 390 g/mol. The van der Waals surface area contributed by atoms with Gasteiger partial charge in [-0.3, -0.25) is 0 Å². The van der Waals surface area contributed by atoms with Gasteiger partial charge in [-0.1, -0.05) is 47.6 Å². The lowest BCUT2D eigenvalue weighted by molar-refractivity contribution is -0.159. The molecule has 2 aromatic carbocycles. The predicted octanol–water partition coefficient (Wildman–Crippen LogP) is 3.70. The summed E-state index contributed by atoms with van der Waals surface area (Å²) in [5.41, 5.74) is 0.105. The van der Waals surface area contributed by atoms with Crippen LogP contribution in [0.3, 0.4) is 0 Å². The van der Waals surface area contributed by atoms with E-state index in [9.17, 15) is 26.0 Å². The number of benzene rings is 2. The van der Waals surface area contributed by atoms with Crippen LogP contribution < -0.4 is 4.72 Å². The van der Waals surface area contributed by atoms with Crippen LogP contribution in [0.5, 0.6) is 0 Å². The van der Waals surface area contributed by atoms with E-state index in [1.807, 2.05) is 4.72 Å². The van der Waals surface area contributed by atoms with Crippen molar-refractivity contribution in [1.82, 2.24) is 14.9 Å². The zero-order valence-electron chi connectivity index (χ0n) is 13.3. The number of sulfonamides is 1. The summed E-state index contributed by atoms with van der Waals surface area (Å²) in [4.78, 5) is 3.12. The van der Waals surface area contributed by atoms with Crippen molar-refractivity contribution in [2.24, 2.45) is 0 Å². The Morgan fingerprint density at radius 3 is 2.19 bits per heavy atom. The Labute approximate surface area is 150 Å². The molecule has 0 fully saturated rings. The van der Waals surface area contributed by atoms with E-state index < -0.39 is 28.4 Å². The molecule has 3 aromatic rings. The van der Waals surface area contributed by atoms with Gasteiger partial charge in [0.15, 0.2) is 6.30 Å². The highest BCUT2D eigenvalue weighted by Gasteiger charge is 2.38. The number of rotatable bonds is 5. The Bertz CT molecular complexity index is 1020. The molecule has 0 saturated carbocycles. The third-order valence-corrected chi connectivity index (χ3v) is 4.85. The SMILES string of the molecule is O=S(=O)(NC(F)c1ccc(-c2noc(C(F)(F)F)n2)cc1)c1ccccc1. The number of alkyl halides is 4. The molecule has 0 bridgehead atoms. The predicted molar refractivity (Wildman–Crippen MR) is 85.3 cm³/mol. The van der Waals surface area contributed by atoms with E-state index >= 15 is 0 Å². The molecule has 1 heterocycles. The van der Waals surface area contributed by atoms with E-state index in [0.717, 1.165) is 0 Å². The molecular formula is C16H11F4N3O3S. The average molecular weight is 401 g/mol. The molecule has 142 valence electrons. The van der Waals surface area contributed by atoms with E-state index in [1.54, 1.807) is 6.07 Å². The van der Waals surface area contributed by atoms with E-state index in [2.05, 4.69) is 14.7 Å². The average Bonchev–Trinajstić information content (AvgIpc) is 3.13. The van der Waals surface area contributed by atoms with Gasteiger partial charge >= 0.3 is 12.1 Å². The lowest BCUT2D eigenvalue weighted by atomic mass is 10.1. The van der Waals surface area contributed by atoms with Crippen LogP contribution in [-0.4, -0.2) is 18.6 Å². The molecule has 11 heteroatoms. The van der Waals surface area contributed by atoms with Gasteiger partial charge < -0.3 is 4.52 Å². The van der Waals surface area contributed by atoms with Gasteiger partial charge in [-0.25, -0.2) is 12.8 Å². The number of halogens is 4. The number of nitrogens with zero attached hydrogens (tertiary/aromatic N) is 2.